The molecule has 202 valence electrons. The molecule has 38 heavy (non-hydrogen) atoms. The van der Waals surface area contributed by atoms with Crippen molar-refractivity contribution in [2.75, 3.05) is 22.7 Å². The predicted octanol–water partition coefficient (Wildman–Crippen LogP) is 0.721. The van der Waals surface area contributed by atoms with Crippen LogP contribution in [-0.4, -0.2) is 83.7 Å². The largest absolute Gasteiger partial charge is 0.477 e. The lowest BCUT2D eigenvalue weighted by Gasteiger charge is -2.49. The van der Waals surface area contributed by atoms with Gasteiger partial charge in [-0.3, -0.25) is 19.3 Å². The molecule has 0 aromatic carbocycles. The Morgan fingerprint density at radius 1 is 1.34 bits per heavy atom. The molecule has 1 saturated heterocycles. The van der Waals surface area contributed by atoms with Crippen molar-refractivity contribution < 1.29 is 29.1 Å². The van der Waals surface area contributed by atoms with E-state index in [1.807, 2.05) is 6.92 Å². The number of thioether (sulfide) groups is 2. The van der Waals surface area contributed by atoms with Gasteiger partial charge in [-0.05, 0) is 12.5 Å². The first kappa shape index (κ1) is 28.1. The summed E-state index contributed by atoms with van der Waals surface area (Å²) in [5.74, 6) is -2.80. The van der Waals surface area contributed by atoms with Gasteiger partial charge in [-0.25, -0.2) is 14.6 Å². The minimum absolute atomic E-state index is 0.0773. The van der Waals surface area contributed by atoms with Gasteiger partial charge in [0, 0.05) is 16.9 Å². The van der Waals surface area contributed by atoms with Crippen LogP contribution in [0, 0.1) is 6.92 Å². The Balaban J connectivity index is 1.47. The normalized spacial score (nSPS) is 19.3. The SMILES string of the molecule is Cc1nnc(SCC2=C(C(=O)O)N3C(=O)[C@@H](NC(=O)C(NC(N)=O)c4csc(NC(=O)CCl)n4)C3SC2)s1. The van der Waals surface area contributed by atoms with Gasteiger partial charge in [-0.1, -0.05) is 23.1 Å². The van der Waals surface area contributed by atoms with E-state index in [9.17, 15) is 29.1 Å². The van der Waals surface area contributed by atoms with Crippen LogP contribution in [-0.2, 0) is 19.2 Å². The number of carbonyl (C=O) groups is 5. The number of alkyl halides is 1. The van der Waals surface area contributed by atoms with Gasteiger partial charge in [0.15, 0.2) is 15.5 Å². The van der Waals surface area contributed by atoms with Gasteiger partial charge in [-0.15, -0.1) is 44.9 Å². The third-order valence-electron chi connectivity index (χ3n) is 5.16. The van der Waals surface area contributed by atoms with Gasteiger partial charge >= 0.3 is 12.0 Å². The topological polar surface area (TPSA) is 210 Å². The molecule has 19 heteroatoms. The first-order valence-corrected chi connectivity index (χ1v) is 14.9. The molecule has 2 aromatic heterocycles. The number of β-lactam (4-membered cyclic amide) rings is 1. The van der Waals surface area contributed by atoms with E-state index in [-0.39, 0.29) is 22.4 Å². The molecule has 6 N–H and O–H groups in total. The van der Waals surface area contributed by atoms with E-state index >= 15 is 0 Å². The number of halogens is 1. The maximum Gasteiger partial charge on any atom is 0.352 e. The molecule has 2 unspecified atom stereocenters. The van der Waals surface area contributed by atoms with E-state index in [0.717, 1.165) is 21.2 Å². The second-order valence-corrected chi connectivity index (χ2v) is 12.4. The van der Waals surface area contributed by atoms with Crippen LogP contribution in [0.3, 0.4) is 0 Å². The number of aliphatic carboxylic acids is 1. The van der Waals surface area contributed by atoms with Crippen LogP contribution in [0.1, 0.15) is 16.7 Å². The highest BCUT2D eigenvalue weighted by atomic mass is 35.5. The van der Waals surface area contributed by atoms with Gasteiger partial charge in [0.2, 0.25) is 11.8 Å². The van der Waals surface area contributed by atoms with Crippen LogP contribution in [0.5, 0.6) is 0 Å². The molecule has 5 amide bonds. The standard InChI is InChI=1S/C19H19ClN8O6S4/c1-6-26-27-19(38-6)37-4-7-3-35-15-11(14(31)28(15)12(7)16(32)33)24-13(30)10(25-17(21)34)8-5-36-18(22-8)23-9(29)2-20/h5,10-11,15H,2-4H2,1H3,(H,24,30)(H,32,33)(H3,21,25,34)(H,22,23,29)/t10?,11-,15?/m1/s1. The van der Waals surface area contributed by atoms with Gasteiger partial charge in [0.1, 0.15) is 28.0 Å². The van der Waals surface area contributed by atoms with E-state index in [4.69, 9.17) is 17.3 Å². The summed E-state index contributed by atoms with van der Waals surface area (Å²) in [6.07, 6.45) is 0. The summed E-state index contributed by atoms with van der Waals surface area (Å²) in [4.78, 5) is 66.5. The van der Waals surface area contributed by atoms with Crippen LogP contribution >= 0.6 is 57.8 Å². The molecular weight excluding hydrogens is 600 g/mol. The quantitative estimate of drug-likeness (QED) is 0.142. The summed E-state index contributed by atoms with van der Waals surface area (Å²) in [6.45, 7) is 1.81. The van der Waals surface area contributed by atoms with Crippen molar-refractivity contribution in [3.05, 3.63) is 27.4 Å². The highest BCUT2D eigenvalue weighted by molar-refractivity contribution is 8.01. The highest BCUT2D eigenvalue weighted by Crippen LogP contribution is 2.42. The lowest BCUT2D eigenvalue weighted by Crippen LogP contribution is -2.71. The first-order chi connectivity index (χ1) is 18.1. The second-order valence-electron chi connectivity index (χ2n) is 7.73. The van der Waals surface area contributed by atoms with Crippen LogP contribution in [0.25, 0.3) is 0 Å². The fourth-order valence-corrected chi connectivity index (χ4v) is 7.68. The molecule has 2 aliphatic rings. The van der Waals surface area contributed by atoms with E-state index in [0.29, 0.717) is 21.4 Å². The summed E-state index contributed by atoms with van der Waals surface area (Å²) in [5.41, 5.74) is 5.73. The minimum Gasteiger partial charge on any atom is -0.477 e. The van der Waals surface area contributed by atoms with Crippen LogP contribution in [0.4, 0.5) is 9.93 Å². The van der Waals surface area contributed by atoms with Crippen molar-refractivity contribution in [1.82, 2.24) is 30.7 Å². The number of nitrogens with two attached hydrogens (primary N) is 1. The summed E-state index contributed by atoms with van der Waals surface area (Å²) in [6, 6.07) is -3.41. The zero-order valence-corrected chi connectivity index (χ0v) is 23.3. The number of nitrogens with one attached hydrogen (secondary N) is 3. The van der Waals surface area contributed by atoms with Crippen molar-refractivity contribution in [1.29, 1.82) is 0 Å². The number of urea groups is 1. The van der Waals surface area contributed by atoms with Gasteiger partial charge in [0.05, 0.1) is 5.69 Å². The summed E-state index contributed by atoms with van der Waals surface area (Å²) < 4.78 is 0.687. The number of amides is 5. The molecule has 2 aromatic rings. The zero-order chi connectivity index (χ0) is 27.6. The number of aryl methyl sites for hydroxylation is 1. The number of anilines is 1. The van der Waals surface area contributed by atoms with Crippen LogP contribution in [0.15, 0.2) is 21.0 Å². The summed E-state index contributed by atoms with van der Waals surface area (Å²) >= 11 is 10.5. The summed E-state index contributed by atoms with van der Waals surface area (Å²) in [5, 5.41) is 26.8. The van der Waals surface area contributed by atoms with E-state index in [1.165, 1.54) is 40.2 Å². The number of carboxylic acids is 1. The van der Waals surface area contributed by atoms with Crippen molar-refractivity contribution in [3.8, 4) is 0 Å². The number of rotatable bonds is 10. The van der Waals surface area contributed by atoms with E-state index in [2.05, 4.69) is 31.1 Å². The lowest BCUT2D eigenvalue weighted by molar-refractivity contribution is -0.151. The average molecular weight is 619 g/mol. The van der Waals surface area contributed by atoms with Crippen molar-refractivity contribution >= 4 is 92.7 Å². The van der Waals surface area contributed by atoms with Crippen molar-refractivity contribution in [2.45, 2.75) is 28.7 Å². The maximum absolute atomic E-state index is 13.1. The molecule has 0 aliphatic carbocycles. The molecule has 0 spiro atoms. The number of carboxylic acid groups (broad SMARTS) is 1. The van der Waals surface area contributed by atoms with Crippen LogP contribution in [0.2, 0.25) is 0 Å². The fraction of sp³-hybridized carbons (Fsp3) is 0.368. The average Bonchev–Trinajstić information content (AvgIpc) is 3.51. The molecule has 0 bridgehead atoms. The molecule has 1 fully saturated rings. The minimum atomic E-state index is -1.36. The molecule has 0 saturated carbocycles. The van der Waals surface area contributed by atoms with Gasteiger partial charge < -0.3 is 26.8 Å². The van der Waals surface area contributed by atoms with Gasteiger partial charge in [-0.2, -0.15) is 0 Å². The maximum atomic E-state index is 13.1. The number of fused-ring (bicyclic) bond motifs is 1. The van der Waals surface area contributed by atoms with Crippen LogP contribution < -0.4 is 21.7 Å². The highest BCUT2D eigenvalue weighted by Gasteiger charge is 2.54. The van der Waals surface area contributed by atoms with Crippen molar-refractivity contribution in [2.24, 2.45) is 5.73 Å². The Kier molecular flexibility index (Phi) is 8.76. The number of hydrogen-bond donors (Lipinski definition) is 5. The smallest absolute Gasteiger partial charge is 0.352 e. The molecule has 3 atom stereocenters. The molecule has 2 aliphatic heterocycles. The second kappa shape index (κ2) is 11.9. The number of hydrogen-bond acceptors (Lipinski definition) is 12. The molecule has 0 radical (unpaired) electrons. The number of primary amides is 1. The van der Waals surface area contributed by atoms with E-state index < -0.39 is 47.2 Å². The van der Waals surface area contributed by atoms with E-state index in [1.54, 1.807) is 0 Å². The third-order valence-corrected chi connectivity index (χ3v) is 9.58. The number of carbonyl (C=O) groups excluding carboxylic acids is 4. The number of thiazole rings is 1. The molecular formula is C19H19ClN8O6S4. The Hall–Kier alpha value is -2.93. The van der Waals surface area contributed by atoms with Crippen molar-refractivity contribution in [3.63, 3.8) is 0 Å². The Morgan fingerprint density at radius 3 is 2.74 bits per heavy atom. The zero-order valence-electron chi connectivity index (χ0n) is 19.3. The third kappa shape index (κ3) is 6.04. The Labute approximate surface area is 236 Å². The number of nitrogens with zero attached hydrogens (tertiary/aromatic N) is 4. The summed E-state index contributed by atoms with van der Waals surface area (Å²) in [7, 11) is 0. The lowest BCUT2D eigenvalue weighted by atomic mass is 10.0. The first-order valence-electron chi connectivity index (χ1n) is 10.6. The Bertz CT molecular complexity index is 1330. The predicted molar refractivity (Wildman–Crippen MR) is 142 cm³/mol. The monoisotopic (exact) mass is 618 g/mol. The Morgan fingerprint density at radius 2 is 2.11 bits per heavy atom. The molecule has 14 nitrogen and oxygen atoms in total. The van der Waals surface area contributed by atoms with Gasteiger partial charge in [0.25, 0.3) is 5.91 Å². The molecule has 4 rings (SSSR count). The number of aromatic nitrogens is 3. The molecule has 4 heterocycles. The fourth-order valence-electron chi connectivity index (χ4n) is 3.56.